The topological polar surface area (TPSA) is 54.3 Å². The normalized spacial score (nSPS) is 11.3. The van der Waals surface area contributed by atoms with Crippen LogP contribution in [-0.4, -0.2) is 52.8 Å². The van der Waals surface area contributed by atoms with E-state index in [0.717, 1.165) is 23.4 Å². The second-order valence-corrected chi connectivity index (χ2v) is 8.44. The molecule has 2 heterocycles. The Bertz CT molecular complexity index is 985. The van der Waals surface area contributed by atoms with Crippen molar-refractivity contribution in [2.24, 2.45) is 0 Å². The summed E-state index contributed by atoms with van der Waals surface area (Å²) in [6, 6.07) is 6.38. The molecule has 29 heavy (non-hydrogen) atoms. The number of nitrogens with zero attached hydrogens (tertiary/aromatic N) is 5. The molecule has 0 spiro atoms. The summed E-state index contributed by atoms with van der Waals surface area (Å²) in [5.74, 6) is -0.436. The van der Waals surface area contributed by atoms with Gasteiger partial charge in [0.25, 0.3) is 5.91 Å². The zero-order chi connectivity index (χ0) is 20.4. The number of hydrogen-bond acceptors (Lipinski definition) is 5. The van der Waals surface area contributed by atoms with Crippen molar-refractivity contribution in [3.8, 4) is 0 Å². The number of hydrogen-bond donors (Lipinski definition) is 0. The molecule has 6 nitrogen and oxygen atoms in total. The van der Waals surface area contributed by atoms with Crippen molar-refractivity contribution in [2.75, 3.05) is 32.1 Å². The van der Waals surface area contributed by atoms with Crippen molar-refractivity contribution in [3.63, 3.8) is 0 Å². The van der Waals surface area contributed by atoms with Gasteiger partial charge in [-0.1, -0.05) is 11.3 Å². The summed E-state index contributed by atoms with van der Waals surface area (Å²) < 4.78 is 16.1. The first kappa shape index (κ1) is 23.3. The Morgan fingerprint density at radius 3 is 2.62 bits per heavy atom. The lowest BCUT2D eigenvalue weighted by Crippen LogP contribution is -2.35. The average molecular weight is 440 g/mol. The van der Waals surface area contributed by atoms with Gasteiger partial charge in [0.2, 0.25) is 0 Å². The SMILES string of the molecule is Cc1cc(C(=O)N(CCCN(C)C)c2nc3ccc(F)cc3s2)n(C(C)C)n1.Cl. The van der Waals surface area contributed by atoms with Crippen LogP contribution in [0.3, 0.4) is 0 Å². The Morgan fingerprint density at radius 1 is 1.24 bits per heavy atom. The van der Waals surface area contributed by atoms with Crippen molar-refractivity contribution in [1.82, 2.24) is 19.7 Å². The molecule has 0 unspecified atom stereocenters. The molecule has 1 amide bonds. The van der Waals surface area contributed by atoms with Crippen LogP contribution in [0.2, 0.25) is 0 Å². The second-order valence-electron chi connectivity index (χ2n) is 7.43. The van der Waals surface area contributed by atoms with E-state index in [1.807, 2.05) is 40.9 Å². The van der Waals surface area contributed by atoms with E-state index in [-0.39, 0.29) is 30.2 Å². The maximum atomic E-state index is 13.6. The molecule has 2 aromatic heterocycles. The van der Waals surface area contributed by atoms with E-state index in [0.29, 0.717) is 22.9 Å². The van der Waals surface area contributed by atoms with Gasteiger partial charge in [0.05, 0.1) is 15.9 Å². The highest BCUT2D eigenvalue weighted by molar-refractivity contribution is 7.22. The first-order chi connectivity index (χ1) is 13.3. The van der Waals surface area contributed by atoms with Gasteiger partial charge in [-0.25, -0.2) is 9.37 Å². The van der Waals surface area contributed by atoms with Crippen LogP contribution in [-0.2, 0) is 0 Å². The Morgan fingerprint density at radius 2 is 1.97 bits per heavy atom. The lowest BCUT2D eigenvalue weighted by atomic mass is 10.3. The largest absolute Gasteiger partial charge is 0.309 e. The first-order valence-electron chi connectivity index (χ1n) is 9.35. The zero-order valence-electron chi connectivity index (χ0n) is 17.3. The van der Waals surface area contributed by atoms with E-state index in [9.17, 15) is 9.18 Å². The molecule has 0 aliphatic carbocycles. The molecule has 0 atom stereocenters. The summed E-state index contributed by atoms with van der Waals surface area (Å²) in [5, 5.41) is 5.05. The number of aryl methyl sites for hydroxylation is 1. The van der Waals surface area contributed by atoms with Crippen LogP contribution in [0, 0.1) is 12.7 Å². The number of thiazole rings is 1. The predicted molar refractivity (Wildman–Crippen MR) is 119 cm³/mol. The van der Waals surface area contributed by atoms with Crippen LogP contribution in [0.15, 0.2) is 24.3 Å². The minimum Gasteiger partial charge on any atom is -0.309 e. The number of carbonyl (C=O) groups is 1. The number of benzene rings is 1. The fraction of sp³-hybridized carbons (Fsp3) is 0.450. The third-order valence-corrected chi connectivity index (χ3v) is 5.41. The third kappa shape index (κ3) is 5.32. The number of anilines is 1. The van der Waals surface area contributed by atoms with Gasteiger partial charge in [0.1, 0.15) is 11.5 Å². The summed E-state index contributed by atoms with van der Waals surface area (Å²) in [6.45, 7) is 7.26. The highest BCUT2D eigenvalue weighted by Gasteiger charge is 2.25. The van der Waals surface area contributed by atoms with E-state index < -0.39 is 0 Å². The highest BCUT2D eigenvalue weighted by atomic mass is 35.5. The van der Waals surface area contributed by atoms with Crippen LogP contribution in [0.5, 0.6) is 0 Å². The van der Waals surface area contributed by atoms with E-state index in [1.54, 1.807) is 15.6 Å². The van der Waals surface area contributed by atoms with Gasteiger partial charge in [0.15, 0.2) is 5.13 Å². The van der Waals surface area contributed by atoms with Gasteiger partial charge >= 0.3 is 0 Å². The minimum absolute atomic E-state index is 0. The summed E-state index contributed by atoms with van der Waals surface area (Å²) in [7, 11) is 4.01. The number of fused-ring (bicyclic) bond motifs is 1. The van der Waals surface area contributed by atoms with E-state index >= 15 is 0 Å². The van der Waals surface area contributed by atoms with Gasteiger partial charge in [-0.3, -0.25) is 14.4 Å². The summed E-state index contributed by atoms with van der Waals surface area (Å²) in [4.78, 5) is 21.8. The van der Waals surface area contributed by atoms with Gasteiger partial charge < -0.3 is 4.90 Å². The Balaban J connectivity index is 0.00000300. The zero-order valence-corrected chi connectivity index (χ0v) is 19.0. The van der Waals surface area contributed by atoms with Crippen LogP contribution < -0.4 is 4.90 Å². The molecule has 1 aromatic carbocycles. The molecule has 9 heteroatoms. The first-order valence-corrected chi connectivity index (χ1v) is 10.2. The van der Waals surface area contributed by atoms with E-state index in [4.69, 9.17) is 0 Å². The number of carbonyl (C=O) groups excluding carboxylic acids is 1. The predicted octanol–water partition coefficient (Wildman–Crippen LogP) is 4.54. The molecule has 0 saturated heterocycles. The number of amides is 1. The van der Waals surface area contributed by atoms with Crippen LogP contribution in [0.25, 0.3) is 10.2 Å². The van der Waals surface area contributed by atoms with Crippen molar-refractivity contribution in [1.29, 1.82) is 0 Å². The summed E-state index contributed by atoms with van der Waals surface area (Å²) in [6.07, 6.45) is 0.803. The van der Waals surface area contributed by atoms with Crippen molar-refractivity contribution in [3.05, 3.63) is 41.5 Å². The molecule has 0 radical (unpaired) electrons. The van der Waals surface area contributed by atoms with E-state index in [1.165, 1.54) is 23.5 Å². The molecule has 3 rings (SSSR count). The van der Waals surface area contributed by atoms with Gasteiger partial charge in [-0.2, -0.15) is 5.10 Å². The molecule has 0 aliphatic rings. The molecule has 0 saturated carbocycles. The molecular weight excluding hydrogens is 413 g/mol. The maximum absolute atomic E-state index is 13.6. The third-order valence-electron chi connectivity index (χ3n) is 4.37. The summed E-state index contributed by atoms with van der Waals surface area (Å²) >= 11 is 1.33. The van der Waals surface area contributed by atoms with Crippen molar-refractivity contribution >= 4 is 45.0 Å². The van der Waals surface area contributed by atoms with Crippen LogP contribution >= 0.6 is 23.7 Å². The number of halogens is 2. The van der Waals surface area contributed by atoms with Crippen LogP contribution in [0.4, 0.5) is 9.52 Å². The Hall–Kier alpha value is -2.03. The summed E-state index contributed by atoms with van der Waals surface area (Å²) in [5.41, 5.74) is 2.04. The molecule has 158 valence electrons. The molecule has 0 fully saturated rings. The van der Waals surface area contributed by atoms with Gasteiger partial charge in [-0.15, -0.1) is 12.4 Å². The number of aromatic nitrogens is 3. The van der Waals surface area contributed by atoms with Crippen molar-refractivity contribution in [2.45, 2.75) is 33.2 Å². The number of rotatable bonds is 7. The molecule has 0 N–H and O–H groups in total. The van der Waals surface area contributed by atoms with Gasteiger partial charge in [-0.05, 0) is 72.1 Å². The molecule has 0 aliphatic heterocycles. The Kier molecular flexibility index (Phi) is 7.73. The second kappa shape index (κ2) is 9.65. The Labute approximate surface area is 180 Å². The fourth-order valence-corrected chi connectivity index (χ4v) is 4.05. The smallest absolute Gasteiger partial charge is 0.278 e. The quantitative estimate of drug-likeness (QED) is 0.542. The van der Waals surface area contributed by atoms with Crippen molar-refractivity contribution < 1.29 is 9.18 Å². The lowest BCUT2D eigenvalue weighted by molar-refractivity contribution is 0.0974. The van der Waals surface area contributed by atoms with Gasteiger partial charge in [0, 0.05) is 12.6 Å². The fourth-order valence-electron chi connectivity index (χ4n) is 3.04. The molecule has 0 bridgehead atoms. The standard InChI is InChI=1S/C20H26FN5OS.ClH/c1-13(2)26-17(11-14(3)23-26)19(27)25(10-6-9-24(4)5)20-22-16-8-7-15(21)12-18(16)28-20;/h7-8,11-13H,6,9-10H2,1-5H3;1H. The monoisotopic (exact) mass is 439 g/mol. The highest BCUT2D eigenvalue weighted by Crippen LogP contribution is 2.30. The molecular formula is C20H27ClFN5OS. The van der Waals surface area contributed by atoms with E-state index in [2.05, 4.69) is 15.0 Å². The van der Waals surface area contributed by atoms with Crippen LogP contribution in [0.1, 0.15) is 42.5 Å². The molecule has 3 aromatic rings. The maximum Gasteiger partial charge on any atom is 0.278 e. The average Bonchev–Trinajstić information content (AvgIpc) is 3.21. The minimum atomic E-state index is -0.304. The lowest BCUT2D eigenvalue weighted by Gasteiger charge is -2.22.